The van der Waals surface area contributed by atoms with Crippen molar-refractivity contribution < 1.29 is 9.53 Å². The van der Waals surface area contributed by atoms with Crippen molar-refractivity contribution in [2.75, 3.05) is 6.61 Å². The monoisotopic (exact) mass is 420 g/mol. The van der Waals surface area contributed by atoms with Gasteiger partial charge in [0.2, 0.25) is 0 Å². The topological polar surface area (TPSA) is 69.0 Å². The Bertz CT molecular complexity index is 1140. The van der Waals surface area contributed by atoms with Crippen molar-refractivity contribution in [3.63, 3.8) is 0 Å². The number of carbonyl (C=O) groups is 1. The van der Waals surface area contributed by atoms with Gasteiger partial charge in [-0.2, -0.15) is 0 Å². The number of hydrogen-bond acceptors (Lipinski definition) is 4. The van der Waals surface area contributed by atoms with Crippen LogP contribution < -0.4 is 10.1 Å². The molecule has 4 aromatic rings. The van der Waals surface area contributed by atoms with Gasteiger partial charge < -0.3 is 14.6 Å². The molecule has 0 aliphatic carbocycles. The van der Waals surface area contributed by atoms with Crippen molar-refractivity contribution >= 4 is 28.5 Å². The van der Waals surface area contributed by atoms with Gasteiger partial charge in [-0.05, 0) is 55.5 Å². The van der Waals surface area contributed by atoms with Gasteiger partial charge in [0, 0.05) is 23.0 Å². The third-order valence-electron chi connectivity index (χ3n) is 4.76. The third kappa shape index (κ3) is 4.44. The Labute approximate surface area is 179 Å². The zero-order chi connectivity index (χ0) is 20.9. The van der Waals surface area contributed by atoms with Crippen LogP contribution in [0.25, 0.3) is 11.0 Å². The first kappa shape index (κ1) is 19.9. The Morgan fingerprint density at radius 3 is 2.60 bits per heavy atom. The summed E-state index contributed by atoms with van der Waals surface area (Å²) in [5, 5.41) is 3.69. The van der Waals surface area contributed by atoms with E-state index < -0.39 is 0 Å². The summed E-state index contributed by atoms with van der Waals surface area (Å²) in [5.41, 5.74) is 2.44. The highest BCUT2D eigenvalue weighted by atomic mass is 35.5. The van der Waals surface area contributed by atoms with Gasteiger partial charge in [-0.25, -0.2) is 4.98 Å². The molecule has 4 rings (SSSR count). The second kappa shape index (κ2) is 8.97. The maximum Gasteiger partial charge on any atom is 0.251 e. The van der Waals surface area contributed by atoms with Crippen LogP contribution in [-0.4, -0.2) is 27.0 Å². The second-order valence-electron chi connectivity index (χ2n) is 6.84. The molecule has 0 bridgehead atoms. The molecule has 152 valence electrons. The minimum absolute atomic E-state index is 0.166. The van der Waals surface area contributed by atoms with E-state index in [9.17, 15) is 4.79 Å². The summed E-state index contributed by atoms with van der Waals surface area (Å²) >= 11 is 5.93. The Kier molecular flexibility index (Phi) is 5.95. The van der Waals surface area contributed by atoms with E-state index in [-0.39, 0.29) is 11.9 Å². The normalized spacial score (nSPS) is 11.9. The zero-order valence-electron chi connectivity index (χ0n) is 16.5. The molecule has 0 saturated heterocycles. The molecule has 0 aliphatic heterocycles. The lowest BCUT2D eigenvalue weighted by molar-refractivity contribution is 0.0937. The smallest absolute Gasteiger partial charge is 0.251 e. The fraction of sp³-hybridized carbons (Fsp3) is 0.174. The van der Waals surface area contributed by atoms with E-state index in [1.807, 2.05) is 43.3 Å². The maximum atomic E-state index is 12.6. The summed E-state index contributed by atoms with van der Waals surface area (Å²) in [6.07, 6.45) is 3.20. The van der Waals surface area contributed by atoms with E-state index in [0.29, 0.717) is 23.7 Å². The Hall–Kier alpha value is -3.38. The molecule has 0 fully saturated rings. The van der Waals surface area contributed by atoms with Crippen molar-refractivity contribution in [3.05, 3.63) is 89.5 Å². The van der Waals surface area contributed by atoms with E-state index in [4.69, 9.17) is 21.3 Å². The molecule has 7 heteroatoms. The van der Waals surface area contributed by atoms with Crippen molar-refractivity contribution in [1.29, 1.82) is 0 Å². The fourth-order valence-electron chi connectivity index (χ4n) is 3.29. The van der Waals surface area contributed by atoms with Gasteiger partial charge in [0.05, 0.1) is 23.6 Å². The van der Waals surface area contributed by atoms with Crippen LogP contribution in [0, 0.1) is 0 Å². The number of halogens is 1. The van der Waals surface area contributed by atoms with Crippen molar-refractivity contribution in [3.8, 4) is 5.75 Å². The molecule has 2 heterocycles. The van der Waals surface area contributed by atoms with Gasteiger partial charge in [0.25, 0.3) is 5.91 Å². The largest absolute Gasteiger partial charge is 0.492 e. The molecule has 1 atom stereocenters. The molecule has 0 radical (unpaired) electrons. The number of amides is 1. The molecule has 1 N–H and O–H groups in total. The molecule has 0 aliphatic rings. The number of imidazole rings is 1. The maximum absolute atomic E-state index is 12.6. The standard InChI is InChI=1S/C23H21ClN4O2/c1-16(26-23(29)17-10-12-25-13-11-17)22-27-20-4-2-3-5-21(20)28(22)14-15-30-19-8-6-18(24)7-9-19/h2-13,16H,14-15H2,1H3,(H,26,29). The summed E-state index contributed by atoms with van der Waals surface area (Å²) in [7, 11) is 0. The van der Waals surface area contributed by atoms with Crippen LogP contribution in [0.1, 0.15) is 29.1 Å². The predicted octanol–water partition coefficient (Wildman–Crippen LogP) is 4.65. The number of pyridine rings is 1. The highest BCUT2D eigenvalue weighted by molar-refractivity contribution is 6.30. The quantitative estimate of drug-likeness (QED) is 0.472. The lowest BCUT2D eigenvalue weighted by Crippen LogP contribution is -2.29. The Morgan fingerprint density at radius 2 is 1.83 bits per heavy atom. The van der Waals surface area contributed by atoms with Gasteiger partial charge in [-0.1, -0.05) is 23.7 Å². The summed E-state index contributed by atoms with van der Waals surface area (Å²) in [4.78, 5) is 21.3. The number of aromatic nitrogens is 3. The lowest BCUT2D eigenvalue weighted by atomic mass is 10.2. The number of hydrogen-bond donors (Lipinski definition) is 1. The molecule has 2 aromatic heterocycles. The summed E-state index contributed by atoms with van der Waals surface area (Å²) in [6.45, 7) is 2.98. The highest BCUT2D eigenvalue weighted by Gasteiger charge is 2.19. The number of nitrogens with zero attached hydrogens (tertiary/aromatic N) is 3. The van der Waals surface area contributed by atoms with Crippen molar-refractivity contribution in [2.45, 2.75) is 19.5 Å². The first-order chi connectivity index (χ1) is 14.6. The number of carbonyl (C=O) groups excluding carboxylic acids is 1. The molecule has 30 heavy (non-hydrogen) atoms. The van der Waals surface area contributed by atoms with Gasteiger partial charge >= 0.3 is 0 Å². The average Bonchev–Trinajstić information content (AvgIpc) is 3.14. The van der Waals surface area contributed by atoms with Crippen LogP contribution in [0.5, 0.6) is 5.75 Å². The number of benzene rings is 2. The number of ether oxygens (including phenoxy) is 1. The summed E-state index contributed by atoms with van der Waals surface area (Å²) in [5.74, 6) is 1.36. The van der Waals surface area contributed by atoms with Crippen LogP contribution >= 0.6 is 11.6 Å². The second-order valence-corrected chi connectivity index (χ2v) is 7.28. The minimum Gasteiger partial charge on any atom is -0.492 e. The van der Waals surface area contributed by atoms with Crippen LogP contribution in [0.3, 0.4) is 0 Å². The van der Waals surface area contributed by atoms with Crippen molar-refractivity contribution in [1.82, 2.24) is 19.9 Å². The third-order valence-corrected chi connectivity index (χ3v) is 5.01. The van der Waals surface area contributed by atoms with Crippen LogP contribution in [0.4, 0.5) is 0 Å². The lowest BCUT2D eigenvalue weighted by Gasteiger charge is -2.17. The Morgan fingerprint density at radius 1 is 1.10 bits per heavy atom. The average molecular weight is 421 g/mol. The number of fused-ring (bicyclic) bond motifs is 1. The number of para-hydroxylation sites is 2. The van der Waals surface area contributed by atoms with Gasteiger partial charge in [-0.3, -0.25) is 9.78 Å². The molecular weight excluding hydrogens is 400 g/mol. The summed E-state index contributed by atoms with van der Waals surface area (Å²) < 4.78 is 7.95. The van der Waals surface area contributed by atoms with Crippen LogP contribution in [0.15, 0.2) is 73.1 Å². The van der Waals surface area contributed by atoms with Gasteiger partial charge in [0.15, 0.2) is 0 Å². The van der Waals surface area contributed by atoms with Crippen LogP contribution in [-0.2, 0) is 6.54 Å². The van der Waals surface area contributed by atoms with Crippen LogP contribution in [0.2, 0.25) is 5.02 Å². The highest BCUT2D eigenvalue weighted by Crippen LogP contribution is 2.22. The van der Waals surface area contributed by atoms with E-state index in [0.717, 1.165) is 22.6 Å². The van der Waals surface area contributed by atoms with E-state index in [2.05, 4.69) is 14.9 Å². The molecular formula is C23H21ClN4O2. The molecule has 0 spiro atoms. The van der Waals surface area contributed by atoms with Crippen molar-refractivity contribution in [2.24, 2.45) is 0 Å². The minimum atomic E-state index is -0.284. The molecule has 0 saturated carbocycles. The molecule has 1 unspecified atom stereocenters. The summed E-state index contributed by atoms with van der Waals surface area (Å²) in [6, 6.07) is 18.3. The molecule has 1 amide bonds. The number of rotatable bonds is 7. The van der Waals surface area contributed by atoms with Gasteiger partial charge in [0.1, 0.15) is 18.2 Å². The Balaban J connectivity index is 1.53. The van der Waals surface area contributed by atoms with E-state index in [1.165, 1.54) is 0 Å². The SMILES string of the molecule is CC(NC(=O)c1ccncc1)c1nc2ccccc2n1CCOc1ccc(Cl)cc1. The first-order valence-corrected chi connectivity index (χ1v) is 10.0. The predicted molar refractivity (Wildman–Crippen MR) is 117 cm³/mol. The molecule has 2 aromatic carbocycles. The van der Waals surface area contributed by atoms with E-state index in [1.54, 1.807) is 36.7 Å². The zero-order valence-corrected chi connectivity index (χ0v) is 17.2. The first-order valence-electron chi connectivity index (χ1n) is 9.66. The van der Waals surface area contributed by atoms with E-state index >= 15 is 0 Å². The molecule has 6 nitrogen and oxygen atoms in total. The van der Waals surface area contributed by atoms with Gasteiger partial charge in [-0.15, -0.1) is 0 Å². The number of nitrogens with one attached hydrogen (secondary N) is 1. The fourth-order valence-corrected chi connectivity index (χ4v) is 3.42.